The van der Waals surface area contributed by atoms with Crippen molar-refractivity contribution in [3.05, 3.63) is 53.6 Å². The van der Waals surface area contributed by atoms with Gasteiger partial charge in [-0.05, 0) is 17.7 Å². The number of rotatable bonds is 6. The average Bonchev–Trinajstić information content (AvgIpc) is 2.74. The molecule has 0 saturated carbocycles. The van der Waals surface area contributed by atoms with Crippen molar-refractivity contribution >= 4 is 5.97 Å². The molecular formula is C20H22O10. The van der Waals surface area contributed by atoms with Gasteiger partial charge in [0.05, 0.1) is 12.2 Å². The standard InChI is InChI=1S/C20H22O10/c21-12-6-11(7-13(22)15(12)23)19(27)28-9-14-16(24)17(25)18(26)20(30-14)29-8-10-4-2-1-3-5-10/h1-7,14,16-18,20-26H,8-9H2/t14-,16-,17+,18-,20-/m1/s1. The predicted molar refractivity (Wildman–Crippen MR) is 99.6 cm³/mol. The number of hydrogen-bond acceptors (Lipinski definition) is 10. The third-order valence-electron chi connectivity index (χ3n) is 4.61. The maximum Gasteiger partial charge on any atom is 0.338 e. The number of aromatic hydroxyl groups is 3. The lowest BCUT2D eigenvalue weighted by Gasteiger charge is -2.39. The molecule has 0 amide bonds. The van der Waals surface area contributed by atoms with Crippen molar-refractivity contribution in [2.45, 2.75) is 37.3 Å². The van der Waals surface area contributed by atoms with Gasteiger partial charge >= 0.3 is 5.97 Å². The fourth-order valence-electron chi connectivity index (χ4n) is 2.91. The molecule has 1 aliphatic rings. The van der Waals surface area contributed by atoms with Gasteiger partial charge in [-0.25, -0.2) is 4.79 Å². The Morgan fingerprint density at radius 2 is 1.57 bits per heavy atom. The van der Waals surface area contributed by atoms with E-state index < -0.39 is 60.5 Å². The zero-order valence-corrected chi connectivity index (χ0v) is 15.7. The fourth-order valence-corrected chi connectivity index (χ4v) is 2.91. The molecule has 0 unspecified atom stereocenters. The first-order valence-electron chi connectivity index (χ1n) is 9.05. The molecule has 1 heterocycles. The molecule has 1 fully saturated rings. The summed E-state index contributed by atoms with van der Waals surface area (Å²) >= 11 is 0. The topological polar surface area (TPSA) is 166 Å². The minimum absolute atomic E-state index is 0.0734. The number of benzene rings is 2. The summed E-state index contributed by atoms with van der Waals surface area (Å²) in [7, 11) is 0. The zero-order valence-electron chi connectivity index (χ0n) is 15.7. The lowest BCUT2D eigenvalue weighted by atomic mass is 9.99. The summed E-state index contributed by atoms with van der Waals surface area (Å²) in [4.78, 5) is 12.1. The highest BCUT2D eigenvalue weighted by Crippen LogP contribution is 2.35. The Hall–Kier alpha value is -2.89. The molecule has 0 aromatic heterocycles. The lowest BCUT2D eigenvalue weighted by molar-refractivity contribution is -0.303. The molecule has 0 spiro atoms. The summed E-state index contributed by atoms with van der Waals surface area (Å²) in [5.41, 5.74) is 0.536. The Labute approximate surface area is 171 Å². The maximum absolute atomic E-state index is 12.1. The minimum atomic E-state index is -1.61. The van der Waals surface area contributed by atoms with E-state index in [1.807, 2.05) is 6.07 Å². The van der Waals surface area contributed by atoms with E-state index in [9.17, 15) is 35.4 Å². The van der Waals surface area contributed by atoms with Gasteiger partial charge in [0.25, 0.3) is 0 Å². The van der Waals surface area contributed by atoms with E-state index in [4.69, 9.17) is 14.2 Å². The van der Waals surface area contributed by atoms with E-state index in [1.54, 1.807) is 24.3 Å². The van der Waals surface area contributed by atoms with Crippen molar-refractivity contribution in [3.63, 3.8) is 0 Å². The van der Waals surface area contributed by atoms with Gasteiger partial charge in [0, 0.05) is 0 Å². The molecule has 2 aromatic carbocycles. The van der Waals surface area contributed by atoms with Gasteiger partial charge < -0.3 is 44.8 Å². The lowest BCUT2D eigenvalue weighted by Crippen LogP contribution is -2.59. The Balaban J connectivity index is 1.62. The molecule has 6 N–H and O–H groups in total. The number of carbonyl (C=O) groups excluding carboxylic acids is 1. The monoisotopic (exact) mass is 422 g/mol. The molecule has 10 nitrogen and oxygen atoms in total. The van der Waals surface area contributed by atoms with Crippen LogP contribution in [-0.2, 0) is 20.8 Å². The van der Waals surface area contributed by atoms with Crippen LogP contribution in [0.15, 0.2) is 42.5 Å². The van der Waals surface area contributed by atoms with Crippen LogP contribution < -0.4 is 0 Å². The van der Waals surface area contributed by atoms with Crippen LogP contribution in [0.2, 0.25) is 0 Å². The smallest absolute Gasteiger partial charge is 0.338 e. The largest absolute Gasteiger partial charge is 0.504 e. The number of phenolic OH excluding ortho intramolecular Hbond substituents is 3. The number of aliphatic hydroxyl groups excluding tert-OH is 3. The van der Waals surface area contributed by atoms with Crippen LogP contribution in [0.1, 0.15) is 15.9 Å². The number of aliphatic hydroxyl groups is 3. The Morgan fingerprint density at radius 3 is 2.20 bits per heavy atom. The van der Waals surface area contributed by atoms with Crippen LogP contribution in [0.4, 0.5) is 0 Å². The van der Waals surface area contributed by atoms with E-state index in [-0.39, 0.29) is 12.2 Å². The van der Waals surface area contributed by atoms with Crippen LogP contribution in [0.5, 0.6) is 17.2 Å². The predicted octanol–water partition coefficient (Wildman–Crippen LogP) is -0.0154. The number of phenols is 3. The molecule has 10 heteroatoms. The van der Waals surface area contributed by atoms with Crippen molar-refractivity contribution < 1.29 is 49.6 Å². The summed E-state index contributed by atoms with van der Waals surface area (Å²) in [6.07, 6.45) is -7.20. The minimum Gasteiger partial charge on any atom is -0.504 e. The molecule has 5 atom stereocenters. The van der Waals surface area contributed by atoms with Gasteiger partial charge in [0.2, 0.25) is 0 Å². The van der Waals surface area contributed by atoms with Gasteiger partial charge in [-0.15, -0.1) is 0 Å². The highest BCUT2D eigenvalue weighted by Gasteiger charge is 2.44. The second-order valence-corrected chi connectivity index (χ2v) is 6.77. The summed E-state index contributed by atoms with van der Waals surface area (Å²) in [5, 5.41) is 58.6. The van der Waals surface area contributed by atoms with Gasteiger partial charge in [-0.3, -0.25) is 0 Å². The molecule has 30 heavy (non-hydrogen) atoms. The van der Waals surface area contributed by atoms with Crippen molar-refractivity contribution in [2.75, 3.05) is 6.61 Å². The van der Waals surface area contributed by atoms with Crippen molar-refractivity contribution in [1.29, 1.82) is 0 Å². The van der Waals surface area contributed by atoms with Crippen LogP contribution in [0.25, 0.3) is 0 Å². The first-order chi connectivity index (χ1) is 14.3. The quantitative estimate of drug-likeness (QED) is 0.275. The third kappa shape index (κ3) is 4.81. The van der Waals surface area contributed by atoms with Gasteiger partial charge in [-0.2, -0.15) is 0 Å². The van der Waals surface area contributed by atoms with Crippen LogP contribution in [0, 0.1) is 0 Å². The normalized spacial score (nSPS) is 26.3. The van der Waals surface area contributed by atoms with Crippen molar-refractivity contribution in [3.8, 4) is 17.2 Å². The average molecular weight is 422 g/mol. The van der Waals surface area contributed by atoms with E-state index in [0.717, 1.165) is 17.7 Å². The molecule has 1 aliphatic heterocycles. The summed E-state index contributed by atoms with van der Waals surface area (Å²) in [6, 6.07) is 10.8. The first-order valence-corrected chi connectivity index (χ1v) is 9.05. The highest BCUT2D eigenvalue weighted by molar-refractivity contribution is 5.91. The van der Waals surface area contributed by atoms with E-state index in [2.05, 4.69) is 0 Å². The molecule has 1 saturated heterocycles. The molecule has 0 aliphatic carbocycles. The van der Waals surface area contributed by atoms with Crippen LogP contribution in [-0.4, -0.2) is 73.9 Å². The van der Waals surface area contributed by atoms with Crippen molar-refractivity contribution in [1.82, 2.24) is 0 Å². The zero-order chi connectivity index (χ0) is 21.8. The van der Waals surface area contributed by atoms with Crippen LogP contribution in [0.3, 0.4) is 0 Å². The molecular weight excluding hydrogens is 400 g/mol. The molecule has 0 radical (unpaired) electrons. The maximum atomic E-state index is 12.1. The van der Waals surface area contributed by atoms with E-state index in [0.29, 0.717) is 0 Å². The number of hydrogen-bond donors (Lipinski definition) is 6. The molecule has 2 aromatic rings. The van der Waals surface area contributed by atoms with E-state index >= 15 is 0 Å². The summed E-state index contributed by atoms with van der Waals surface area (Å²) < 4.78 is 16.0. The fraction of sp³-hybridized carbons (Fsp3) is 0.350. The first kappa shape index (κ1) is 21.8. The summed E-state index contributed by atoms with van der Waals surface area (Å²) in [5.74, 6) is -3.21. The molecule has 3 rings (SSSR count). The second kappa shape index (κ2) is 9.28. The van der Waals surface area contributed by atoms with Gasteiger partial charge in [0.15, 0.2) is 23.5 Å². The number of carbonyl (C=O) groups is 1. The SMILES string of the molecule is O=C(OC[C@H]1O[C@@H](OCc2ccccc2)[C@H](O)[C@@H](O)[C@@H]1O)c1cc(O)c(O)c(O)c1. The Kier molecular flexibility index (Phi) is 6.75. The Bertz CT molecular complexity index is 848. The summed E-state index contributed by atoms with van der Waals surface area (Å²) in [6.45, 7) is -0.443. The van der Waals surface area contributed by atoms with Crippen molar-refractivity contribution in [2.24, 2.45) is 0 Å². The number of esters is 1. The Morgan fingerprint density at radius 1 is 0.933 bits per heavy atom. The number of ether oxygens (including phenoxy) is 3. The third-order valence-corrected chi connectivity index (χ3v) is 4.61. The highest BCUT2D eigenvalue weighted by atomic mass is 16.7. The van der Waals surface area contributed by atoms with Crippen LogP contribution >= 0.6 is 0 Å². The second-order valence-electron chi connectivity index (χ2n) is 6.77. The molecule has 0 bridgehead atoms. The van der Waals surface area contributed by atoms with E-state index in [1.165, 1.54) is 0 Å². The van der Waals surface area contributed by atoms with Gasteiger partial charge in [-0.1, -0.05) is 30.3 Å². The van der Waals surface area contributed by atoms with Gasteiger partial charge in [0.1, 0.15) is 31.0 Å². The molecule has 162 valence electrons.